The molecule has 0 aromatic heterocycles. The van der Waals surface area contributed by atoms with E-state index in [2.05, 4.69) is 30.2 Å². The third-order valence-electron chi connectivity index (χ3n) is 3.04. The minimum absolute atomic E-state index is 0.160. The highest BCUT2D eigenvalue weighted by molar-refractivity contribution is 5.32. The van der Waals surface area contributed by atoms with Gasteiger partial charge in [0.05, 0.1) is 0 Å². The molecule has 0 bridgehead atoms. The minimum Gasteiger partial charge on any atom is -0.327 e. The highest BCUT2D eigenvalue weighted by Crippen LogP contribution is 2.28. The van der Waals surface area contributed by atoms with E-state index < -0.39 is 0 Å². The van der Waals surface area contributed by atoms with Gasteiger partial charge in [-0.15, -0.1) is 12.3 Å². The van der Waals surface area contributed by atoms with Gasteiger partial charge in [0.15, 0.2) is 0 Å². The number of hydrogen-bond donors (Lipinski definition) is 1. The number of fused-ring (bicyclic) bond motifs is 1. The fourth-order valence-corrected chi connectivity index (χ4v) is 2.20. The summed E-state index contributed by atoms with van der Waals surface area (Å²) in [4.78, 5) is 0. The van der Waals surface area contributed by atoms with Gasteiger partial charge in [-0.05, 0) is 29.9 Å². The Balaban J connectivity index is 2.08. The van der Waals surface area contributed by atoms with E-state index in [0.717, 1.165) is 12.8 Å². The molecule has 0 amide bonds. The second-order valence-electron chi connectivity index (χ2n) is 4.01. The van der Waals surface area contributed by atoms with Crippen LogP contribution in [0.1, 0.15) is 17.5 Å². The Morgan fingerprint density at radius 2 is 1.93 bits per heavy atom. The van der Waals surface area contributed by atoms with E-state index >= 15 is 0 Å². The Kier molecular flexibility index (Phi) is 2.56. The summed E-state index contributed by atoms with van der Waals surface area (Å²) >= 11 is 0. The molecule has 2 rings (SSSR count). The Morgan fingerprint density at radius 3 is 2.43 bits per heavy atom. The number of benzene rings is 1. The molecule has 72 valence electrons. The molecule has 1 heteroatoms. The molecule has 0 aliphatic heterocycles. The summed E-state index contributed by atoms with van der Waals surface area (Å²) in [6.45, 7) is 0. The normalized spacial score (nSPS) is 17.4. The van der Waals surface area contributed by atoms with Crippen molar-refractivity contribution in [2.75, 3.05) is 0 Å². The van der Waals surface area contributed by atoms with Crippen LogP contribution in [0.25, 0.3) is 0 Å². The van der Waals surface area contributed by atoms with Gasteiger partial charge < -0.3 is 5.73 Å². The van der Waals surface area contributed by atoms with Crippen LogP contribution in [0.4, 0.5) is 0 Å². The summed E-state index contributed by atoms with van der Waals surface area (Å²) in [5, 5.41) is 0. The molecule has 0 heterocycles. The van der Waals surface area contributed by atoms with Crippen molar-refractivity contribution < 1.29 is 0 Å². The fraction of sp³-hybridized carbons (Fsp3) is 0.385. The molecule has 0 saturated carbocycles. The monoisotopic (exact) mass is 185 g/mol. The highest BCUT2D eigenvalue weighted by atomic mass is 14.6. The molecule has 1 aromatic rings. The Bertz CT molecular complexity index is 337. The lowest BCUT2D eigenvalue weighted by Gasteiger charge is -2.15. The molecule has 1 aromatic carbocycles. The largest absolute Gasteiger partial charge is 0.327 e. The molecule has 0 spiro atoms. The molecule has 14 heavy (non-hydrogen) atoms. The maximum Gasteiger partial charge on any atom is 0.0241 e. The molecule has 1 aliphatic carbocycles. The van der Waals surface area contributed by atoms with Crippen LogP contribution in [-0.2, 0) is 12.8 Å². The van der Waals surface area contributed by atoms with Crippen molar-refractivity contribution in [3.8, 4) is 12.3 Å². The predicted octanol–water partition coefficient (Wildman–Crippen LogP) is 1.75. The van der Waals surface area contributed by atoms with Crippen molar-refractivity contribution >= 4 is 0 Å². The molecular formula is C13H15N. The van der Waals surface area contributed by atoms with Crippen LogP contribution in [0.3, 0.4) is 0 Å². The van der Waals surface area contributed by atoms with Crippen LogP contribution in [0, 0.1) is 18.3 Å². The van der Waals surface area contributed by atoms with E-state index in [1.165, 1.54) is 11.1 Å². The SMILES string of the molecule is C#CCC(N)C1Cc2ccccc2C1. The Morgan fingerprint density at radius 1 is 1.36 bits per heavy atom. The first kappa shape index (κ1) is 9.30. The number of nitrogens with two attached hydrogens (primary N) is 1. The van der Waals surface area contributed by atoms with Gasteiger partial charge in [-0.2, -0.15) is 0 Å². The second-order valence-corrected chi connectivity index (χ2v) is 4.01. The van der Waals surface area contributed by atoms with Crippen LogP contribution in [0.15, 0.2) is 24.3 Å². The standard InChI is InChI=1S/C13H15N/c1-2-5-13(14)12-8-10-6-3-4-7-11(10)9-12/h1,3-4,6-7,12-13H,5,8-9,14H2. The fourth-order valence-electron chi connectivity index (χ4n) is 2.20. The van der Waals surface area contributed by atoms with Gasteiger partial charge in [0.2, 0.25) is 0 Å². The lowest BCUT2D eigenvalue weighted by molar-refractivity contribution is 0.446. The summed E-state index contributed by atoms with van der Waals surface area (Å²) in [5.74, 6) is 3.19. The van der Waals surface area contributed by atoms with E-state index in [0.29, 0.717) is 12.3 Å². The van der Waals surface area contributed by atoms with Crippen molar-refractivity contribution in [3.63, 3.8) is 0 Å². The zero-order valence-corrected chi connectivity index (χ0v) is 8.24. The second kappa shape index (κ2) is 3.86. The van der Waals surface area contributed by atoms with Gasteiger partial charge in [0.1, 0.15) is 0 Å². The van der Waals surface area contributed by atoms with Crippen LogP contribution in [-0.4, -0.2) is 6.04 Å². The van der Waals surface area contributed by atoms with E-state index in [-0.39, 0.29) is 6.04 Å². The third-order valence-corrected chi connectivity index (χ3v) is 3.04. The summed E-state index contributed by atoms with van der Waals surface area (Å²) in [7, 11) is 0. The van der Waals surface area contributed by atoms with E-state index in [9.17, 15) is 0 Å². The Hall–Kier alpha value is -1.26. The topological polar surface area (TPSA) is 26.0 Å². The zero-order valence-electron chi connectivity index (χ0n) is 8.24. The van der Waals surface area contributed by atoms with E-state index in [4.69, 9.17) is 12.2 Å². The highest BCUT2D eigenvalue weighted by Gasteiger charge is 2.25. The average molecular weight is 185 g/mol. The van der Waals surface area contributed by atoms with Crippen molar-refractivity contribution in [2.45, 2.75) is 25.3 Å². The summed E-state index contributed by atoms with van der Waals surface area (Å²) in [6, 6.07) is 8.73. The van der Waals surface area contributed by atoms with Crippen molar-refractivity contribution in [3.05, 3.63) is 35.4 Å². The number of rotatable bonds is 2. The van der Waals surface area contributed by atoms with Gasteiger partial charge >= 0.3 is 0 Å². The molecule has 2 N–H and O–H groups in total. The molecule has 0 fully saturated rings. The number of terminal acetylenes is 1. The molecule has 1 atom stereocenters. The molecule has 0 radical (unpaired) electrons. The summed E-state index contributed by atoms with van der Waals surface area (Å²) in [6.07, 6.45) is 8.16. The maximum atomic E-state index is 6.03. The van der Waals surface area contributed by atoms with Gasteiger partial charge in [0, 0.05) is 12.5 Å². The molecule has 1 nitrogen and oxygen atoms in total. The van der Waals surface area contributed by atoms with Gasteiger partial charge in [-0.3, -0.25) is 0 Å². The zero-order chi connectivity index (χ0) is 9.97. The first-order valence-electron chi connectivity index (χ1n) is 5.07. The van der Waals surface area contributed by atoms with Crippen LogP contribution in [0.5, 0.6) is 0 Å². The first-order valence-corrected chi connectivity index (χ1v) is 5.07. The lowest BCUT2D eigenvalue weighted by Crippen LogP contribution is -2.30. The van der Waals surface area contributed by atoms with Gasteiger partial charge in [0.25, 0.3) is 0 Å². The maximum absolute atomic E-state index is 6.03. The molecule has 1 unspecified atom stereocenters. The van der Waals surface area contributed by atoms with Crippen molar-refractivity contribution in [1.29, 1.82) is 0 Å². The van der Waals surface area contributed by atoms with Crippen molar-refractivity contribution in [2.24, 2.45) is 11.7 Å². The van der Waals surface area contributed by atoms with Crippen LogP contribution < -0.4 is 5.73 Å². The number of hydrogen-bond acceptors (Lipinski definition) is 1. The summed E-state index contributed by atoms with van der Waals surface area (Å²) in [5.41, 5.74) is 8.92. The third kappa shape index (κ3) is 1.66. The molecular weight excluding hydrogens is 170 g/mol. The predicted molar refractivity (Wildman–Crippen MR) is 58.8 cm³/mol. The van der Waals surface area contributed by atoms with E-state index in [1.807, 2.05) is 0 Å². The first-order chi connectivity index (χ1) is 6.81. The quantitative estimate of drug-likeness (QED) is 0.698. The van der Waals surface area contributed by atoms with Gasteiger partial charge in [-0.1, -0.05) is 24.3 Å². The minimum atomic E-state index is 0.160. The van der Waals surface area contributed by atoms with Crippen molar-refractivity contribution in [1.82, 2.24) is 0 Å². The average Bonchev–Trinajstić information content (AvgIpc) is 2.61. The van der Waals surface area contributed by atoms with Crippen LogP contribution in [0.2, 0.25) is 0 Å². The smallest absolute Gasteiger partial charge is 0.0241 e. The van der Waals surface area contributed by atoms with Gasteiger partial charge in [-0.25, -0.2) is 0 Å². The Labute approximate surface area is 85.3 Å². The van der Waals surface area contributed by atoms with Crippen LogP contribution >= 0.6 is 0 Å². The van der Waals surface area contributed by atoms with E-state index in [1.54, 1.807) is 0 Å². The molecule has 1 aliphatic rings. The lowest BCUT2D eigenvalue weighted by atomic mass is 9.95. The summed E-state index contributed by atoms with van der Waals surface area (Å²) < 4.78 is 0. The molecule has 0 saturated heterocycles.